The second-order valence-electron chi connectivity index (χ2n) is 13.2. The fourth-order valence-corrected chi connectivity index (χ4v) is 9.97. The molecule has 170 valence electrons. The maximum absolute atomic E-state index is 12.1. The van der Waals surface area contributed by atoms with Crippen molar-refractivity contribution in [3.63, 3.8) is 0 Å². The van der Waals surface area contributed by atoms with E-state index < -0.39 is 16.6 Å². The molecule has 7 atom stereocenters. The van der Waals surface area contributed by atoms with Crippen LogP contribution in [0.3, 0.4) is 0 Å². The summed E-state index contributed by atoms with van der Waals surface area (Å²) in [5, 5.41) is 0. The first-order valence-corrected chi connectivity index (χ1v) is 19.1. The number of carbonyl (C=O) groups excluding carboxylic acids is 1. The molecule has 0 aliphatic heterocycles. The highest BCUT2D eigenvalue weighted by Gasteiger charge is 2.62. The number of ketones is 1. The summed E-state index contributed by atoms with van der Waals surface area (Å²) in [7, 11) is -3.31. The van der Waals surface area contributed by atoms with Crippen molar-refractivity contribution in [3.8, 4) is 0 Å². The Balaban J connectivity index is 1.66. The van der Waals surface area contributed by atoms with Crippen LogP contribution in [-0.4, -0.2) is 34.6 Å². The zero-order chi connectivity index (χ0) is 22.1. The van der Waals surface area contributed by atoms with E-state index in [1.54, 1.807) is 0 Å². The molecule has 5 heteroatoms. The number of hydrogen-bond acceptors (Lipinski definition) is 3. The Labute approximate surface area is 186 Å². The lowest BCUT2D eigenvalue weighted by molar-refractivity contribution is -0.118. The molecular formula is C25H44O3Si2. The van der Waals surface area contributed by atoms with Crippen LogP contribution in [0.5, 0.6) is 0 Å². The first-order chi connectivity index (χ1) is 13.7. The van der Waals surface area contributed by atoms with Gasteiger partial charge in [0.25, 0.3) is 0 Å². The van der Waals surface area contributed by atoms with Gasteiger partial charge in [0, 0.05) is 6.42 Å². The molecule has 0 amide bonds. The molecule has 0 bridgehead atoms. The average Bonchev–Trinajstić information content (AvgIpc) is 2.85. The molecule has 3 fully saturated rings. The second kappa shape index (κ2) is 7.39. The molecule has 4 aliphatic rings. The summed E-state index contributed by atoms with van der Waals surface area (Å²) >= 11 is 0. The standard InChI is InChI=1S/C25H44O3Si2/c1-24-13-11-18(26)15-17(24)9-10-19-20(24)12-14-25(2)21(19)16-22(27-29(3,4)5)23(25)28-30(6,7)8/h15,19-23H,9-14,16H2,1-8H3/t19-,20+,21+,22?,23?,24+,25+/m1/s1. The topological polar surface area (TPSA) is 35.5 Å². The van der Waals surface area contributed by atoms with E-state index in [0.29, 0.717) is 11.7 Å². The first-order valence-electron chi connectivity index (χ1n) is 12.3. The molecule has 0 aromatic heterocycles. The first kappa shape index (κ1) is 22.9. The Morgan fingerprint density at radius 1 is 0.900 bits per heavy atom. The van der Waals surface area contributed by atoms with Gasteiger partial charge in [-0.2, -0.15) is 0 Å². The number of fused-ring (bicyclic) bond motifs is 5. The monoisotopic (exact) mass is 448 g/mol. The lowest BCUT2D eigenvalue weighted by Gasteiger charge is -2.58. The van der Waals surface area contributed by atoms with E-state index in [1.807, 2.05) is 6.08 Å². The summed E-state index contributed by atoms with van der Waals surface area (Å²) in [5.74, 6) is 2.52. The Morgan fingerprint density at radius 2 is 1.57 bits per heavy atom. The van der Waals surface area contributed by atoms with Crippen LogP contribution in [0.2, 0.25) is 39.3 Å². The minimum Gasteiger partial charge on any atom is -0.412 e. The Morgan fingerprint density at radius 3 is 2.20 bits per heavy atom. The van der Waals surface area contributed by atoms with E-state index in [2.05, 4.69) is 53.1 Å². The SMILES string of the molecule is C[C@]12CCC(=O)C=C1CC[C@@H]1[C@@H]2CC[C@]2(C)C(O[Si](C)(C)C)C(O[Si](C)(C)C)C[C@@H]12. The highest BCUT2D eigenvalue weighted by Crippen LogP contribution is 2.66. The largest absolute Gasteiger partial charge is 0.412 e. The van der Waals surface area contributed by atoms with Gasteiger partial charge in [0.2, 0.25) is 0 Å². The van der Waals surface area contributed by atoms with Crippen LogP contribution in [0.25, 0.3) is 0 Å². The molecule has 0 aromatic rings. The highest BCUT2D eigenvalue weighted by atomic mass is 28.4. The summed E-state index contributed by atoms with van der Waals surface area (Å²) in [4.78, 5) is 12.1. The Kier molecular flexibility index (Phi) is 5.65. The minimum absolute atomic E-state index is 0.230. The van der Waals surface area contributed by atoms with Gasteiger partial charge in [-0.1, -0.05) is 19.4 Å². The van der Waals surface area contributed by atoms with Gasteiger partial charge in [-0.3, -0.25) is 4.79 Å². The molecule has 4 aliphatic carbocycles. The summed E-state index contributed by atoms with van der Waals surface area (Å²) in [6.07, 6.45) is 10.4. The van der Waals surface area contributed by atoms with E-state index >= 15 is 0 Å². The van der Waals surface area contributed by atoms with E-state index in [9.17, 15) is 4.79 Å². The van der Waals surface area contributed by atoms with Crippen molar-refractivity contribution in [1.82, 2.24) is 0 Å². The van der Waals surface area contributed by atoms with Crippen molar-refractivity contribution in [2.24, 2.45) is 28.6 Å². The molecular weight excluding hydrogens is 404 g/mol. The van der Waals surface area contributed by atoms with Crippen LogP contribution >= 0.6 is 0 Å². The van der Waals surface area contributed by atoms with Gasteiger partial charge < -0.3 is 8.85 Å². The number of allylic oxidation sites excluding steroid dienone is 1. The predicted molar refractivity (Wildman–Crippen MR) is 129 cm³/mol. The fraction of sp³-hybridized carbons (Fsp3) is 0.880. The minimum atomic E-state index is -1.67. The maximum atomic E-state index is 12.1. The van der Waals surface area contributed by atoms with Gasteiger partial charge in [-0.25, -0.2) is 0 Å². The average molecular weight is 449 g/mol. The van der Waals surface area contributed by atoms with Crippen LogP contribution in [-0.2, 0) is 13.6 Å². The summed E-state index contributed by atoms with van der Waals surface area (Å²) in [6.45, 7) is 19.0. The van der Waals surface area contributed by atoms with Crippen molar-refractivity contribution in [2.75, 3.05) is 0 Å². The number of hydrogen-bond donors (Lipinski definition) is 0. The summed E-state index contributed by atoms with van der Waals surface area (Å²) in [5.41, 5.74) is 1.94. The van der Waals surface area contributed by atoms with E-state index in [0.717, 1.165) is 31.1 Å². The van der Waals surface area contributed by atoms with Crippen LogP contribution in [0.1, 0.15) is 58.8 Å². The van der Waals surface area contributed by atoms with E-state index in [-0.39, 0.29) is 23.0 Å². The van der Waals surface area contributed by atoms with Crippen molar-refractivity contribution >= 4 is 22.4 Å². The molecule has 2 unspecified atom stereocenters. The normalized spacial score (nSPS) is 44.2. The lowest BCUT2D eigenvalue weighted by Crippen LogP contribution is -2.53. The molecule has 0 N–H and O–H groups in total. The quantitative estimate of drug-likeness (QED) is 0.456. The Hall–Kier alpha value is -0.236. The van der Waals surface area contributed by atoms with Gasteiger partial charge in [0.1, 0.15) is 0 Å². The lowest BCUT2D eigenvalue weighted by atomic mass is 9.47. The summed E-state index contributed by atoms with van der Waals surface area (Å²) < 4.78 is 13.8. The molecule has 0 spiro atoms. The van der Waals surface area contributed by atoms with Crippen LogP contribution in [0.4, 0.5) is 0 Å². The molecule has 30 heavy (non-hydrogen) atoms. The Bertz CT molecular complexity index is 734. The molecule has 0 aromatic carbocycles. The molecule has 0 heterocycles. The molecule has 0 saturated heterocycles. The van der Waals surface area contributed by atoms with Crippen molar-refractivity contribution < 1.29 is 13.6 Å². The summed E-state index contributed by atoms with van der Waals surface area (Å²) in [6, 6.07) is 0. The fourth-order valence-electron chi connectivity index (χ4n) is 7.66. The zero-order valence-corrected chi connectivity index (χ0v) is 22.6. The van der Waals surface area contributed by atoms with E-state index in [1.165, 1.54) is 31.3 Å². The third kappa shape index (κ3) is 3.97. The van der Waals surface area contributed by atoms with Crippen LogP contribution in [0, 0.1) is 28.6 Å². The highest BCUT2D eigenvalue weighted by molar-refractivity contribution is 6.70. The van der Waals surface area contributed by atoms with Gasteiger partial charge in [0.15, 0.2) is 22.4 Å². The third-order valence-corrected chi connectivity index (χ3v) is 10.8. The van der Waals surface area contributed by atoms with Gasteiger partial charge in [0.05, 0.1) is 12.2 Å². The smallest absolute Gasteiger partial charge is 0.184 e. The number of rotatable bonds is 4. The molecule has 3 saturated carbocycles. The molecule has 0 radical (unpaired) electrons. The molecule has 3 nitrogen and oxygen atoms in total. The van der Waals surface area contributed by atoms with Gasteiger partial charge >= 0.3 is 0 Å². The third-order valence-electron chi connectivity index (χ3n) is 8.86. The predicted octanol–water partition coefficient (Wildman–Crippen LogP) is 6.57. The molecule has 4 rings (SSSR count). The van der Waals surface area contributed by atoms with Crippen molar-refractivity contribution in [2.45, 2.75) is 110 Å². The van der Waals surface area contributed by atoms with Crippen LogP contribution < -0.4 is 0 Å². The van der Waals surface area contributed by atoms with Crippen molar-refractivity contribution in [3.05, 3.63) is 11.6 Å². The van der Waals surface area contributed by atoms with Crippen molar-refractivity contribution in [1.29, 1.82) is 0 Å². The van der Waals surface area contributed by atoms with Gasteiger partial charge in [-0.15, -0.1) is 0 Å². The van der Waals surface area contributed by atoms with E-state index in [4.69, 9.17) is 8.85 Å². The maximum Gasteiger partial charge on any atom is 0.184 e. The second-order valence-corrected chi connectivity index (χ2v) is 22.1. The number of carbonyl (C=O) groups is 1. The van der Waals surface area contributed by atoms with Gasteiger partial charge in [-0.05, 0) is 112 Å². The zero-order valence-electron chi connectivity index (χ0n) is 20.6. The van der Waals surface area contributed by atoms with Crippen LogP contribution in [0.15, 0.2) is 11.6 Å².